The Kier molecular flexibility index (Phi) is 18.2. The van der Waals surface area contributed by atoms with Crippen molar-refractivity contribution in [1.29, 1.82) is 0 Å². The molecule has 4 aromatic rings. The van der Waals surface area contributed by atoms with Gasteiger partial charge in [0.25, 0.3) is 5.56 Å². The predicted molar refractivity (Wildman–Crippen MR) is 267 cm³/mol. The fraction of sp³-hybridized carbons (Fsp3) is 0.500. The summed E-state index contributed by atoms with van der Waals surface area (Å²) in [6, 6.07) is 7.67. The summed E-state index contributed by atoms with van der Waals surface area (Å²) in [5.41, 5.74) is 8.08. The standard InChI is InChI=1S/C50H66N12O9/c1-29(2)39(64)18-20-41(65)58-43(30(3)4)46(67)56-38(12-9-21-52-48(51)69)45(66)55-34-15-13-33(14-16-34)28-71-50(70)61-24-22-60(23-25-61)36-17-19-40(53-26-36)57-49-54-27-37-31(5)42(32(6)63)47(68)62(44(37)59-49)35-10-7-8-11-35/h13-17,19,26-27,29-30,35,38,43H,7-12,18,20-25,28H2,1-6H3,(H,55,66)(H,56,67)(H,58,65)(H3,51,52,69)(H,53,54,57,59)/t38-,43-/m0/s1. The number of piperazine rings is 1. The highest BCUT2D eigenvalue weighted by atomic mass is 16.6. The highest BCUT2D eigenvalue weighted by molar-refractivity contribution is 6.00. The van der Waals surface area contributed by atoms with Gasteiger partial charge >= 0.3 is 12.1 Å². The zero-order chi connectivity index (χ0) is 51.4. The number of nitrogens with two attached hydrogens (primary N) is 1. The van der Waals surface area contributed by atoms with Crippen LogP contribution in [0, 0.1) is 18.8 Å². The first kappa shape index (κ1) is 52.9. The third-order valence-electron chi connectivity index (χ3n) is 12.8. The number of aryl methyl sites for hydroxylation is 1. The Labute approximate surface area is 412 Å². The van der Waals surface area contributed by atoms with Crippen molar-refractivity contribution in [2.45, 2.75) is 118 Å². The lowest BCUT2D eigenvalue weighted by Crippen LogP contribution is -2.54. The third-order valence-corrected chi connectivity index (χ3v) is 12.8. The molecule has 1 aromatic carbocycles. The SMILES string of the molecule is CC(=O)c1c(C)c2cnc(Nc3ccc(N4CCN(C(=O)OCc5ccc(NC(=O)[C@H](CCCNC(N)=O)NC(=O)[C@@H](NC(=O)CCC(=O)C(C)C)C(C)C)cc5)CC4)cn3)nc2n(C2CCCC2)c1=O. The lowest BCUT2D eigenvalue weighted by atomic mass is 10.0. The molecule has 71 heavy (non-hydrogen) atoms. The molecule has 0 unspecified atom stereocenters. The van der Waals surface area contributed by atoms with Crippen LogP contribution in [0.15, 0.2) is 53.6 Å². The normalized spacial score (nSPS) is 14.8. The van der Waals surface area contributed by atoms with E-state index in [-0.39, 0.29) is 78.9 Å². The van der Waals surface area contributed by atoms with Crippen molar-refractivity contribution in [3.63, 3.8) is 0 Å². The number of anilines is 4. The molecule has 2 fully saturated rings. The fourth-order valence-corrected chi connectivity index (χ4v) is 8.72. The molecular formula is C50H66N12O9. The maximum absolute atomic E-state index is 13.6. The maximum atomic E-state index is 13.6. The Balaban J connectivity index is 0.983. The molecule has 21 heteroatoms. The Morgan fingerprint density at radius 1 is 0.859 bits per heavy atom. The summed E-state index contributed by atoms with van der Waals surface area (Å²) in [6.45, 7) is 12.3. The van der Waals surface area contributed by atoms with Crippen LogP contribution >= 0.6 is 0 Å². The van der Waals surface area contributed by atoms with Crippen LogP contribution in [0.1, 0.15) is 114 Å². The molecule has 0 spiro atoms. The molecule has 0 bridgehead atoms. The van der Waals surface area contributed by atoms with Gasteiger partial charge in [0.1, 0.15) is 35.9 Å². The summed E-state index contributed by atoms with van der Waals surface area (Å²) < 4.78 is 7.31. The Bertz CT molecular complexity index is 2640. The monoisotopic (exact) mass is 979 g/mol. The number of pyridine rings is 2. The Morgan fingerprint density at radius 3 is 2.18 bits per heavy atom. The van der Waals surface area contributed by atoms with Gasteiger partial charge < -0.3 is 46.9 Å². The minimum absolute atomic E-state index is 0.0102. The minimum Gasteiger partial charge on any atom is -0.445 e. The number of ether oxygens (including phenoxy) is 1. The number of carbonyl (C=O) groups excluding carboxylic acids is 7. The third kappa shape index (κ3) is 14.1. The summed E-state index contributed by atoms with van der Waals surface area (Å²) >= 11 is 0. The predicted octanol–water partition coefficient (Wildman–Crippen LogP) is 5.03. The number of amides is 6. The van der Waals surface area contributed by atoms with Crippen LogP contribution in [0.25, 0.3) is 11.0 Å². The fourth-order valence-electron chi connectivity index (χ4n) is 8.72. The molecule has 1 aliphatic carbocycles. The van der Waals surface area contributed by atoms with Crippen LogP contribution in [-0.4, -0.2) is 111 Å². The van der Waals surface area contributed by atoms with Gasteiger partial charge in [-0.25, -0.2) is 19.6 Å². The number of hydrogen-bond donors (Lipinski definition) is 6. The highest BCUT2D eigenvalue weighted by Crippen LogP contribution is 2.32. The second-order valence-electron chi connectivity index (χ2n) is 18.7. The number of carbonyl (C=O) groups is 7. The van der Waals surface area contributed by atoms with E-state index < -0.39 is 41.9 Å². The van der Waals surface area contributed by atoms with Crippen molar-refractivity contribution < 1.29 is 38.3 Å². The number of benzene rings is 1. The van der Waals surface area contributed by atoms with E-state index in [2.05, 4.69) is 41.5 Å². The second kappa shape index (κ2) is 24.4. The highest BCUT2D eigenvalue weighted by Gasteiger charge is 2.30. The van der Waals surface area contributed by atoms with Gasteiger partial charge in [-0.1, -0.05) is 52.7 Å². The number of aromatic nitrogens is 4. The van der Waals surface area contributed by atoms with Crippen molar-refractivity contribution in [3.8, 4) is 0 Å². The first-order valence-electron chi connectivity index (χ1n) is 24.3. The smallest absolute Gasteiger partial charge is 0.410 e. The van der Waals surface area contributed by atoms with Crippen LogP contribution in [0.2, 0.25) is 0 Å². The molecule has 6 rings (SSSR count). The molecule has 2 atom stereocenters. The van der Waals surface area contributed by atoms with Crippen LogP contribution in [-0.2, 0) is 30.5 Å². The van der Waals surface area contributed by atoms with Crippen LogP contribution in [0.3, 0.4) is 0 Å². The van der Waals surface area contributed by atoms with Gasteiger partial charge in [0.15, 0.2) is 5.78 Å². The van der Waals surface area contributed by atoms with Gasteiger partial charge in [0, 0.05) is 74.8 Å². The number of Topliss-reactive ketones (excluding diaryl/α,β-unsaturated/α-hetero) is 2. The van der Waals surface area contributed by atoms with Crippen LogP contribution in [0.5, 0.6) is 0 Å². The maximum Gasteiger partial charge on any atom is 0.410 e. The number of nitrogens with one attached hydrogen (secondary N) is 5. The molecule has 6 amide bonds. The average Bonchev–Trinajstić information content (AvgIpc) is 3.87. The molecule has 380 valence electrons. The molecule has 1 aliphatic heterocycles. The van der Waals surface area contributed by atoms with Gasteiger partial charge in [0.2, 0.25) is 23.7 Å². The topological polar surface area (TPSA) is 282 Å². The van der Waals surface area contributed by atoms with E-state index in [4.69, 9.17) is 15.5 Å². The van der Waals surface area contributed by atoms with Crippen molar-refractivity contribution in [3.05, 3.63) is 75.8 Å². The van der Waals surface area contributed by atoms with E-state index in [0.717, 1.165) is 31.4 Å². The largest absolute Gasteiger partial charge is 0.445 e. The summed E-state index contributed by atoms with van der Waals surface area (Å²) in [7, 11) is 0. The quantitative estimate of drug-likeness (QED) is 0.0472. The number of ketones is 2. The zero-order valence-electron chi connectivity index (χ0n) is 41.3. The van der Waals surface area contributed by atoms with Crippen molar-refractivity contribution in [2.75, 3.05) is 48.3 Å². The lowest BCUT2D eigenvalue weighted by Gasteiger charge is -2.35. The number of nitrogens with zero attached hydrogens (tertiary/aromatic N) is 6. The zero-order valence-corrected chi connectivity index (χ0v) is 41.3. The van der Waals surface area contributed by atoms with Gasteiger partial charge in [0.05, 0.1) is 17.4 Å². The van der Waals surface area contributed by atoms with Crippen molar-refractivity contribution in [1.82, 2.24) is 40.4 Å². The first-order valence-corrected chi connectivity index (χ1v) is 24.3. The van der Waals surface area contributed by atoms with E-state index in [1.54, 1.807) is 80.7 Å². The number of hydrogen-bond acceptors (Lipinski definition) is 14. The summed E-state index contributed by atoms with van der Waals surface area (Å²) in [5, 5.41) is 14.5. The summed E-state index contributed by atoms with van der Waals surface area (Å²) in [6.07, 6.45) is 7.04. The molecule has 21 nitrogen and oxygen atoms in total. The van der Waals surface area contributed by atoms with E-state index in [0.29, 0.717) is 66.3 Å². The molecule has 2 aliphatic rings. The van der Waals surface area contributed by atoms with Crippen LogP contribution in [0.4, 0.5) is 32.7 Å². The first-order chi connectivity index (χ1) is 33.9. The molecule has 1 saturated heterocycles. The summed E-state index contributed by atoms with van der Waals surface area (Å²) in [5.74, 6) is -1.66. The average molecular weight is 979 g/mol. The number of fused-ring (bicyclic) bond motifs is 1. The number of rotatable bonds is 21. The molecule has 0 radical (unpaired) electrons. The summed E-state index contributed by atoms with van der Waals surface area (Å²) in [4.78, 5) is 120. The van der Waals surface area contributed by atoms with Gasteiger partial charge in [-0.15, -0.1) is 0 Å². The molecule has 4 heterocycles. The van der Waals surface area contributed by atoms with Gasteiger partial charge in [-0.3, -0.25) is 33.3 Å². The van der Waals surface area contributed by atoms with E-state index in [9.17, 15) is 38.4 Å². The second-order valence-corrected chi connectivity index (χ2v) is 18.7. The molecular weight excluding hydrogens is 913 g/mol. The number of urea groups is 1. The lowest BCUT2D eigenvalue weighted by molar-refractivity contribution is -0.132. The Morgan fingerprint density at radius 2 is 1.56 bits per heavy atom. The minimum atomic E-state index is -1.04. The number of primary amides is 1. The van der Waals surface area contributed by atoms with E-state index in [1.165, 1.54) is 6.92 Å². The Hall–Kier alpha value is -7.45. The molecule has 7 N–H and O–H groups in total. The van der Waals surface area contributed by atoms with Crippen molar-refractivity contribution in [2.24, 2.45) is 17.6 Å². The molecule has 3 aromatic heterocycles. The van der Waals surface area contributed by atoms with E-state index >= 15 is 0 Å². The van der Waals surface area contributed by atoms with Crippen molar-refractivity contribution >= 4 is 75.6 Å². The molecule has 1 saturated carbocycles. The van der Waals surface area contributed by atoms with Gasteiger partial charge in [-0.05, 0) is 80.8 Å². The van der Waals surface area contributed by atoms with Crippen LogP contribution < -0.4 is 42.8 Å². The van der Waals surface area contributed by atoms with Gasteiger partial charge in [-0.2, -0.15) is 4.98 Å². The van der Waals surface area contributed by atoms with E-state index in [1.807, 2.05) is 12.1 Å².